The van der Waals surface area contributed by atoms with E-state index in [-0.39, 0.29) is 23.6 Å². The number of halogens is 2. The molecule has 1 aliphatic rings. The van der Waals surface area contributed by atoms with Crippen molar-refractivity contribution in [3.63, 3.8) is 0 Å². The molecule has 2 rings (SSSR count). The van der Waals surface area contributed by atoms with Gasteiger partial charge in [0.25, 0.3) is 0 Å². The highest BCUT2D eigenvalue weighted by Gasteiger charge is 2.28. The maximum atomic E-state index is 13.5. The molecule has 3 nitrogen and oxygen atoms in total. The van der Waals surface area contributed by atoms with E-state index in [9.17, 15) is 9.18 Å². The molecule has 1 aromatic rings. The van der Waals surface area contributed by atoms with E-state index in [0.717, 1.165) is 12.8 Å². The molecule has 0 radical (unpaired) electrons. The molecular formula is C12H14BrFN2O. The van der Waals surface area contributed by atoms with Crippen molar-refractivity contribution < 1.29 is 9.18 Å². The van der Waals surface area contributed by atoms with E-state index in [1.807, 2.05) is 0 Å². The van der Waals surface area contributed by atoms with Gasteiger partial charge in [-0.25, -0.2) is 4.39 Å². The van der Waals surface area contributed by atoms with Crippen molar-refractivity contribution in [3.8, 4) is 0 Å². The SMILES string of the molecule is NC1CCC(C(=O)Nc2c(F)cccc2Br)C1. The normalized spacial score (nSPS) is 23.7. The van der Waals surface area contributed by atoms with Gasteiger partial charge < -0.3 is 11.1 Å². The predicted octanol–water partition coefficient (Wildman–Crippen LogP) is 2.65. The van der Waals surface area contributed by atoms with Crippen LogP contribution >= 0.6 is 15.9 Å². The van der Waals surface area contributed by atoms with Gasteiger partial charge in [-0.15, -0.1) is 0 Å². The van der Waals surface area contributed by atoms with Gasteiger partial charge in [-0.1, -0.05) is 6.07 Å². The molecule has 1 fully saturated rings. The minimum atomic E-state index is -0.435. The van der Waals surface area contributed by atoms with Gasteiger partial charge in [0.15, 0.2) is 0 Å². The number of hydrogen-bond acceptors (Lipinski definition) is 2. The maximum absolute atomic E-state index is 13.5. The molecule has 0 aliphatic heterocycles. The summed E-state index contributed by atoms with van der Waals surface area (Å²) in [5.41, 5.74) is 5.96. The molecule has 92 valence electrons. The molecule has 1 amide bonds. The molecule has 17 heavy (non-hydrogen) atoms. The first-order chi connectivity index (χ1) is 8.08. The van der Waals surface area contributed by atoms with Crippen LogP contribution in [0.15, 0.2) is 22.7 Å². The van der Waals surface area contributed by atoms with Gasteiger partial charge in [0, 0.05) is 16.4 Å². The van der Waals surface area contributed by atoms with Gasteiger partial charge in [-0.2, -0.15) is 0 Å². The number of carbonyl (C=O) groups is 1. The summed E-state index contributed by atoms with van der Waals surface area (Å²) in [6, 6.07) is 4.69. The Kier molecular flexibility index (Phi) is 3.79. The van der Waals surface area contributed by atoms with Crippen LogP contribution in [0.1, 0.15) is 19.3 Å². The summed E-state index contributed by atoms with van der Waals surface area (Å²) >= 11 is 3.22. The van der Waals surface area contributed by atoms with Crippen LogP contribution in [0.5, 0.6) is 0 Å². The van der Waals surface area contributed by atoms with Gasteiger partial charge in [-0.3, -0.25) is 4.79 Å². The molecule has 0 saturated heterocycles. The van der Waals surface area contributed by atoms with E-state index in [4.69, 9.17) is 5.73 Å². The van der Waals surface area contributed by atoms with Crippen molar-refractivity contribution >= 4 is 27.5 Å². The number of nitrogens with one attached hydrogen (secondary N) is 1. The smallest absolute Gasteiger partial charge is 0.227 e. The van der Waals surface area contributed by atoms with Crippen molar-refractivity contribution in [3.05, 3.63) is 28.5 Å². The monoisotopic (exact) mass is 300 g/mol. The summed E-state index contributed by atoms with van der Waals surface area (Å²) in [6.07, 6.45) is 2.31. The summed E-state index contributed by atoms with van der Waals surface area (Å²) < 4.78 is 14.1. The number of anilines is 1. The molecular weight excluding hydrogens is 287 g/mol. The highest BCUT2D eigenvalue weighted by atomic mass is 79.9. The molecule has 3 N–H and O–H groups in total. The lowest BCUT2D eigenvalue weighted by atomic mass is 10.1. The van der Waals surface area contributed by atoms with Crippen LogP contribution in [0.25, 0.3) is 0 Å². The van der Waals surface area contributed by atoms with E-state index >= 15 is 0 Å². The van der Waals surface area contributed by atoms with E-state index < -0.39 is 5.82 Å². The number of carbonyl (C=O) groups excluding carboxylic acids is 1. The van der Waals surface area contributed by atoms with Gasteiger partial charge in [-0.05, 0) is 47.3 Å². The molecule has 1 saturated carbocycles. The van der Waals surface area contributed by atoms with E-state index in [2.05, 4.69) is 21.2 Å². The van der Waals surface area contributed by atoms with Gasteiger partial charge in [0.05, 0.1) is 5.69 Å². The molecule has 0 aromatic heterocycles. The number of benzene rings is 1. The fraction of sp³-hybridized carbons (Fsp3) is 0.417. The maximum Gasteiger partial charge on any atom is 0.227 e. The third-order valence-corrected chi connectivity index (χ3v) is 3.72. The molecule has 1 aliphatic carbocycles. The molecule has 0 heterocycles. The van der Waals surface area contributed by atoms with Crippen LogP contribution in [0.2, 0.25) is 0 Å². The summed E-state index contributed by atoms with van der Waals surface area (Å²) in [5.74, 6) is -0.685. The summed E-state index contributed by atoms with van der Waals surface area (Å²) in [5, 5.41) is 2.62. The number of para-hydroxylation sites is 1. The first-order valence-electron chi connectivity index (χ1n) is 5.58. The predicted molar refractivity (Wildman–Crippen MR) is 68.0 cm³/mol. The van der Waals surface area contributed by atoms with Crippen LogP contribution in [0.4, 0.5) is 10.1 Å². The van der Waals surface area contributed by atoms with Crippen molar-refractivity contribution in [2.75, 3.05) is 5.32 Å². The zero-order chi connectivity index (χ0) is 12.4. The van der Waals surface area contributed by atoms with E-state index in [0.29, 0.717) is 10.9 Å². The zero-order valence-corrected chi connectivity index (χ0v) is 10.8. The Morgan fingerprint density at radius 3 is 2.82 bits per heavy atom. The second kappa shape index (κ2) is 5.14. The quantitative estimate of drug-likeness (QED) is 0.882. The molecule has 2 unspecified atom stereocenters. The minimum absolute atomic E-state index is 0.0924. The Labute approximate surface area is 108 Å². The van der Waals surface area contributed by atoms with Gasteiger partial charge in [0.1, 0.15) is 5.82 Å². The van der Waals surface area contributed by atoms with Crippen molar-refractivity contribution in [2.24, 2.45) is 11.7 Å². The zero-order valence-electron chi connectivity index (χ0n) is 9.25. The summed E-state index contributed by atoms with van der Waals surface area (Å²) in [4.78, 5) is 11.9. The Hall–Kier alpha value is -0.940. The fourth-order valence-corrected chi connectivity index (χ4v) is 2.54. The highest BCUT2D eigenvalue weighted by molar-refractivity contribution is 9.10. The van der Waals surface area contributed by atoms with Crippen LogP contribution in [0.3, 0.4) is 0 Å². The number of amides is 1. The van der Waals surface area contributed by atoms with E-state index in [1.54, 1.807) is 12.1 Å². The topological polar surface area (TPSA) is 55.1 Å². The summed E-state index contributed by atoms with van der Waals surface area (Å²) in [7, 11) is 0. The van der Waals surface area contributed by atoms with Crippen LogP contribution in [-0.2, 0) is 4.79 Å². The lowest BCUT2D eigenvalue weighted by Gasteiger charge is -2.12. The largest absolute Gasteiger partial charge is 0.328 e. The Morgan fingerprint density at radius 2 is 2.24 bits per heavy atom. The molecule has 0 bridgehead atoms. The van der Waals surface area contributed by atoms with Crippen molar-refractivity contribution in [2.45, 2.75) is 25.3 Å². The third-order valence-electron chi connectivity index (χ3n) is 3.05. The minimum Gasteiger partial charge on any atom is -0.328 e. The Morgan fingerprint density at radius 1 is 1.47 bits per heavy atom. The third kappa shape index (κ3) is 2.84. The summed E-state index contributed by atoms with van der Waals surface area (Å²) in [6.45, 7) is 0. The Balaban J connectivity index is 2.08. The van der Waals surface area contributed by atoms with Gasteiger partial charge in [0.2, 0.25) is 5.91 Å². The van der Waals surface area contributed by atoms with Crippen molar-refractivity contribution in [1.82, 2.24) is 0 Å². The average molecular weight is 301 g/mol. The van der Waals surface area contributed by atoms with Crippen molar-refractivity contribution in [1.29, 1.82) is 0 Å². The number of nitrogens with two attached hydrogens (primary N) is 1. The number of rotatable bonds is 2. The molecule has 2 atom stereocenters. The second-order valence-corrected chi connectivity index (χ2v) is 5.21. The first-order valence-corrected chi connectivity index (χ1v) is 6.37. The van der Waals surface area contributed by atoms with Crippen LogP contribution in [0, 0.1) is 11.7 Å². The number of hydrogen-bond donors (Lipinski definition) is 2. The lowest BCUT2D eigenvalue weighted by molar-refractivity contribution is -0.119. The fourth-order valence-electron chi connectivity index (χ4n) is 2.10. The standard InChI is InChI=1S/C12H14BrFN2O/c13-9-2-1-3-10(14)11(9)16-12(17)7-4-5-8(15)6-7/h1-3,7-8H,4-6,15H2,(H,16,17). The highest BCUT2D eigenvalue weighted by Crippen LogP contribution is 2.29. The first kappa shape index (κ1) is 12.5. The molecule has 5 heteroatoms. The van der Waals surface area contributed by atoms with Crippen LogP contribution < -0.4 is 11.1 Å². The average Bonchev–Trinajstić information content (AvgIpc) is 2.70. The molecule has 1 aromatic carbocycles. The van der Waals surface area contributed by atoms with E-state index in [1.165, 1.54) is 6.07 Å². The Bertz CT molecular complexity index is 418. The van der Waals surface area contributed by atoms with Crippen LogP contribution in [-0.4, -0.2) is 11.9 Å². The second-order valence-electron chi connectivity index (χ2n) is 4.36. The molecule has 0 spiro atoms. The van der Waals surface area contributed by atoms with Gasteiger partial charge >= 0.3 is 0 Å². The lowest BCUT2D eigenvalue weighted by Crippen LogP contribution is -2.23.